The van der Waals surface area contributed by atoms with E-state index in [9.17, 15) is 19.7 Å². The number of carbonyl (C=O) groups is 2. The summed E-state index contributed by atoms with van der Waals surface area (Å²) in [6, 6.07) is 14.0. The van der Waals surface area contributed by atoms with E-state index < -0.39 is 16.7 Å². The van der Waals surface area contributed by atoms with Crippen molar-refractivity contribution in [3.63, 3.8) is 0 Å². The molecule has 4 aromatic rings. The van der Waals surface area contributed by atoms with Gasteiger partial charge in [-0.3, -0.25) is 14.9 Å². The van der Waals surface area contributed by atoms with E-state index >= 15 is 0 Å². The van der Waals surface area contributed by atoms with E-state index in [1.807, 2.05) is 17.5 Å². The highest BCUT2D eigenvalue weighted by Gasteiger charge is 2.23. The van der Waals surface area contributed by atoms with Gasteiger partial charge in [0, 0.05) is 17.2 Å². The fourth-order valence-electron chi connectivity index (χ4n) is 3.01. The van der Waals surface area contributed by atoms with Crippen molar-refractivity contribution in [1.29, 1.82) is 0 Å². The summed E-state index contributed by atoms with van der Waals surface area (Å²) in [6.07, 6.45) is 1.71. The van der Waals surface area contributed by atoms with Gasteiger partial charge in [-0.05, 0) is 35.9 Å². The van der Waals surface area contributed by atoms with Gasteiger partial charge in [-0.25, -0.2) is 4.79 Å². The monoisotopic (exact) mass is 481 g/mol. The van der Waals surface area contributed by atoms with Gasteiger partial charge in [0.25, 0.3) is 11.6 Å². The lowest BCUT2D eigenvalue weighted by Gasteiger charge is -2.09. The van der Waals surface area contributed by atoms with Gasteiger partial charge in [-0.2, -0.15) is 4.98 Å². The minimum atomic E-state index is -0.753. The molecule has 0 unspecified atom stereocenters. The second kappa shape index (κ2) is 9.76. The van der Waals surface area contributed by atoms with Crippen molar-refractivity contribution in [3.05, 3.63) is 92.6 Å². The number of carbonyl (C=O) groups excluding carboxylic acids is 2. The Labute approximate surface area is 195 Å². The maximum Gasteiger partial charge on any atom is 0.339 e. The average molecular weight is 482 g/mol. The molecule has 0 saturated carbocycles. The van der Waals surface area contributed by atoms with E-state index in [0.717, 1.165) is 4.88 Å². The van der Waals surface area contributed by atoms with Crippen LogP contribution >= 0.6 is 23.1 Å². The third kappa shape index (κ3) is 4.83. The van der Waals surface area contributed by atoms with Gasteiger partial charge in [-0.15, -0.1) is 23.1 Å². The molecule has 4 rings (SSSR count). The zero-order chi connectivity index (χ0) is 23.4. The van der Waals surface area contributed by atoms with Gasteiger partial charge < -0.3 is 9.26 Å². The fraction of sp³-hybridized carbons (Fsp3) is 0.0909. The Morgan fingerprint density at radius 1 is 1.15 bits per heavy atom. The largest absolute Gasteiger partial charge is 0.454 e. The third-order valence-electron chi connectivity index (χ3n) is 4.56. The number of nitro groups is 1. The van der Waals surface area contributed by atoms with Crippen LogP contribution in [0.3, 0.4) is 0 Å². The van der Waals surface area contributed by atoms with E-state index in [1.165, 1.54) is 53.4 Å². The number of thioether (sulfide) groups is 1. The molecule has 0 saturated heterocycles. The predicted octanol–water partition coefficient (Wildman–Crippen LogP) is 5.02. The van der Waals surface area contributed by atoms with Crippen LogP contribution in [0.25, 0.3) is 10.8 Å². The van der Waals surface area contributed by atoms with Gasteiger partial charge in [0.2, 0.25) is 5.82 Å². The number of hydrogen-bond acceptors (Lipinski definition) is 10. The normalized spacial score (nSPS) is 10.7. The zero-order valence-corrected chi connectivity index (χ0v) is 18.7. The summed E-state index contributed by atoms with van der Waals surface area (Å²) in [4.78, 5) is 42.0. The molecule has 0 radical (unpaired) electrons. The van der Waals surface area contributed by atoms with Crippen molar-refractivity contribution in [1.82, 2.24) is 10.1 Å². The standard InChI is InChI=1S/C22H15N3O6S2/c1-32-17-9-8-13(11-16(17)25(28)29)20(26)14-5-2-3-6-15(14)22(27)30-12-19-23-21(31-24-19)18-7-4-10-33-18/h2-11H,12H2,1H3. The Morgan fingerprint density at radius 3 is 2.64 bits per heavy atom. The molecule has 11 heteroatoms. The van der Waals surface area contributed by atoms with Crippen molar-refractivity contribution in [2.24, 2.45) is 0 Å². The molecule has 0 N–H and O–H groups in total. The lowest BCUT2D eigenvalue weighted by Crippen LogP contribution is -2.13. The first-order chi connectivity index (χ1) is 16.0. The molecule has 0 aliphatic heterocycles. The molecule has 0 aliphatic carbocycles. The first kappa shape index (κ1) is 22.4. The fourth-order valence-corrected chi connectivity index (χ4v) is 4.20. The number of hydrogen-bond donors (Lipinski definition) is 0. The van der Waals surface area contributed by atoms with E-state index in [0.29, 0.717) is 10.8 Å². The van der Waals surface area contributed by atoms with Gasteiger partial charge in [0.05, 0.1) is 20.3 Å². The molecule has 0 bridgehead atoms. The van der Waals surface area contributed by atoms with E-state index in [1.54, 1.807) is 18.4 Å². The summed E-state index contributed by atoms with van der Waals surface area (Å²) in [6.45, 7) is -0.246. The highest BCUT2D eigenvalue weighted by atomic mass is 32.2. The van der Waals surface area contributed by atoms with Gasteiger partial charge in [0.15, 0.2) is 12.4 Å². The molecule has 2 aromatic heterocycles. The van der Waals surface area contributed by atoms with Gasteiger partial charge in [-0.1, -0.05) is 29.4 Å². The summed E-state index contributed by atoms with van der Waals surface area (Å²) < 4.78 is 10.4. The van der Waals surface area contributed by atoms with Crippen LogP contribution < -0.4 is 0 Å². The van der Waals surface area contributed by atoms with Crippen LogP contribution in [0, 0.1) is 10.1 Å². The molecule has 0 atom stereocenters. The first-order valence-corrected chi connectivity index (χ1v) is 11.6. The van der Waals surface area contributed by atoms with Crippen molar-refractivity contribution >= 4 is 40.5 Å². The Hall–Kier alpha value is -3.83. The lowest BCUT2D eigenvalue weighted by molar-refractivity contribution is -0.387. The zero-order valence-electron chi connectivity index (χ0n) is 17.1. The Morgan fingerprint density at radius 2 is 1.94 bits per heavy atom. The van der Waals surface area contributed by atoms with Crippen molar-refractivity contribution in [2.75, 3.05) is 6.26 Å². The van der Waals surface area contributed by atoms with Gasteiger partial charge in [0.1, 0.15) is 0 Å². The minimum absolute atomic E-state index is 0.0288. The van der Waals surface area contributed by atoms with Crippen LogP contribution in [0.2, 0.25) is 0 Å². The lowest BCUT2D eigenvalue weighted by atomic mass is 9.98. The molecule has 0 fully saturated rings. The van der Waals surface area contributed by atoms with Crippen molar-refractivity contribution in [3.8, 4) is 10.8 Å². The van der Waals surface area contributed by atoms with Gasteiger partial charge >= 0.3 is 5.97 Å². The van der Waals surface area contributed by atoms with E-state index in [-0.39, 0.29) is 34.8 Å². The molecular weight excluding hydrogens is 466 g/mol. The molecule has 9 nitrogen and oxygen atoms in total. The molecule has 2 aromatic carbocycles. The Balaban J connectivity index is 1.53. The number of ether oxygens (including phenoxy) is 1. The summed E-state index contributed by atoms with van der Waals surface area (Å²) in [7, 11) is 0. The number of thiophene rings is 1. The molecule has 0 amide bonds. The van der Waals surface area contributed by atoms with Crippen molar-refractivity contribution < 1.29 is 23.8 Å². The minimum Gasteiger partial charge on any atom is -0.454 e. The number of esters is 1. The van der Waals surface area contributed by atoms with Crippen molar-refractivity contribution in [2.45, 2.75) is 11.5 Å². The second-order valence-electron chi connectivity index (χ2n) is 6.59. The SMILES string of the molecule is CSc1ccc(C(=O)c2ccccc2C(=O)OCc2noc(-c3cccs3)n2)cc1[N+](=O)[O-]. The molecule has 0 spiro atoms. The summed E-state index contributed by atoms with van der Waals surface area (Å²) in [5, 5.41) is 17.0. The Kier molecular flexibility index (Phi) is 6.61. The molecule has 33 heavy (non-hydrogen) atoms. The molecule has 0 aliphatic rings. The molecule has 166 valence electrons. The first-order valence-electron chi connectivity index (χ1n) is 9.47. The maximum absolute atomic E-state index is 13.1. The van der Waals surface area contributed by atoms with E-state index in [4.69, 9.17) is 9.26 Å². The second-order valence-corrected chi connectivity index (χ2v) is 8.38. The molecule has 2 heterocycles. The summed E-state index contributed by atoms with van der Waals surface area (Å²) in [5.41, 5.74) is 0.0210. The van der Waals surface area contributed by atoms with Crippen LogP contribution in [0.15, 0.2) is 69.4 Å². The van der Waals surface area contributed by atoms with E-state index in [2.05, 4.69) is 10.1 Å². The maximum atomic E-state index is 13.1. The Bertz CT molecular complexity index is 1330. The number of nitrogens with zero attached hydrogens (tertiary/aromatic N) is 3. The van der Waals surface area contributed by atoms with Crippen LogP contribution in [-0.2, 0) is 11.3 Å². The third-order valence-corrected chi connectivity index (χ3v) is 6.20. The number of benzene rings is 2. The smallest absolute Gasteiger partial charge is 0.339 e. The van der Waals surface area contributed by atoms with Crippen LogP contribution in [0.1, 0.15) is 32.1 Å². The van der Waals surface area contributed by atoms with Crippen LogP contribution in [0.4, 0.5) is 5.69 Å². The summed E-state index contributed by atoms with van der Waals surface area (Å²) in [5.74, 6) is -0.782. The number of rotatable bonds is 8. The highest BCUT2D eigenvalue weighted by Crippen LogP contribution is 2.29. The number of nitro benzene ring substituents is 1. The van der Waals surface area contributed by atoms with Crippen LogP contribution in [0.5, 0.6) is 0 Å². The number of ketones is 1. The molecular formula is C22H15N3O6S2. The topological polar surface area (TPSA) is 125 Å². The number of aromatic nitrogens is 2. The summed E-state index contributed by atoms with van der Waals surface area (Å²) >= 11 is 2.64. The quantitative estimate of drug-likeness (QED) is 0.112. The average Bonchev–Trinajstić information content (AvgIpc) is 3.53. The highest BCUT2D eigenvalue weighted by molar-refractivity contribution is 7.98. The predicted molar refractivity (Wildman–Crippen MR) is 121 cm³/mol. The van der Waals surface area contributed by atoms with Crippen LogP contribution in [-0.4, -0.2) is 33.1 Å².